The van der Waals surface area contributed by atoms with Gasteiger partial charge in [0, 0.05) is 6.20 Å². The van der Waals surface area contributed by atoms with Crippen molar-refractivity contribution in [1.29, 1.82) is 0 Å². The van der Waals surface area contributed by atoms with Gasteiger partial charge in [0.15, 0.2) is 0 Å². The average molecular weight is 348 g/mol. The highest BCUT2D eigenvalue weighted by atomic mass is 79.9. The van der Waals surface area contributed by atoms with Crippen LogP contribution in [0, 0.1) is 6.92 Å². The largest absolute Gasteiger partial charge is 0.258 e. The van der Waals surface area contributed by atoms with Gasteiger partial charge in [0.25, 0.3) is 0 Å². The van der Waals surface area contributed by atoms with Gasteiger partial charge < -0.3 is 0 Å². The molecule has 0 spiro atoms. The van der Waals surface area contributed by atoms with E-state index in [-0.39, 0.29) is 10.8 Å². The lowest BCUT2D eigenvalue weighted by Gasteiger charge is -2.04. The molecular formula is C10H10BrN3O2S2. The highest BCUT2D eigenvalue weighted by Crippen LogP contribution is 2.25. The Labute approximate surface area is 117 Å². The monoisotopic (exact) mass is 347 g/mol. The van der Waals surface area contributed by atoms with Gasteiger partial charge in [-0.25, -0.2) is 13.1 Å². The summed E-state index contributed by atoms with van der Waals surface area (Å²) in [7, 11) is -3.48. The number of hydrogen-bond donors (Lipinski definition) is 1. The fraction of sp³-hybridized carbons (Fsp3) is 0.200. The van der Waals surface area contributed by atoms with Crippen molar-refractivity contribution >= 4 is 37.3 Å². The maximum Gasteiger partial charge on any atom is 0.250 e. The van der Waals surface area contributed by atoms with Crippen LogP contribution in [0.3, 0.4) is 0 Å². The Bertz CT molecular complexity index is 637. The lowest BCUT2D eigenvalue weighted by atomic mass is 10.4. The number of aryl methyl sites for hydroxylation is 1. The Kier molecular flexibility index (Phi) is 4.10. The molecule has 0 atom stereocenters. The summed E-state index contributed by atoms with van der Waals surface area (Å²) in [6.07, 6.45) is 3.16. The van der Waals surface area contributed by atoms with Gasteiger partial charge in [-0.3, -0.25) is 9.97 Å². The van der Waals surface area contributed by atoms with Crippen LogP contribution >= 0.6 is 27.3 Å². The van der Waals surface area contributed by atoms with Crippen molar-refractivity contribution in [1.82, 2.24) is 14.7 Å². The maximum atomic E-state index is 11.9. The maximum absolute atomic E-state index is 11.9. The molecule has 0 unspecified atom stereocenters. The number of aromatic nitrogens is 2. The molecule has 2 aromatic heterocycles. The highest BCUT2D eigenvalue weighted by molar-refractivity contribution is 9.11. The number of rotatable bonds is 4. The van der Waals surface area contributed by atoms with Crippen molar-refractivity contribution in [2.45, 2.75) is 17.7 Å². The van der Waals surface area contributed by atoms with Crippen LogP contribution < -0.4 is 4.72 Å². The van der Waals surface area contributed by atoms with Gasteiger partial charge in [0.2, 0.25) is 10.0 Å². The topological polar surface area (TPSA) is 72.0 Å². The molecule has 0 aliphatic rings. The van der Waals surface area contributed by atoms with Crippen LogP contribution in [-0.2, 0) is 16.6 Å². The second kappa shape index (κ2) is 5.43. The first-order valence-corrected chi connectivity index (χ1v) is 8.09. The second-order valence-corrected chi connectivity index (χ2v) is 7.99. The van der Waals surface area contributed by atoms with E-state index in [4.69, 9.17) is 0 Å². The van der Waals surface area contributed by atoms with Crippen LogP contribution in [0.15, 0.2) is 32.5 Å². The average Bonchev–Trinajstić information content (AvgIpc) is 2.76. The van der Waals surface area contributed by atoms with E-state index < -0.39 is 10.0 Å². The molecule has 5 nitrogen and oxygen atoms in total. The number of thiophene rings is 1. The Hall–Kier alpha value is -0.830. The van der Waals surface area contributed by atoms with E-state index in [0.717, 1.165) is 20.8 Å². The van der Waals surface area contributed by atoms with Crippen molar-refractivity contribution in [2.75, 3.05) is 0 Å². The zero-order valence-corrected chi connectivity index (χ0v) is 12.6. The minimum Gasteiger partial charge on any atom is -0.258 e. The number of sulfonamides is 1. The van der Waals surface area contributed by atoms with Gasteiger partial charge in [-0.2, -0.15) is 0 Å². The molecule has 96 valence electrons. The lowest BCUT2D eigenvalue weighted by molar-refractivity contribution is 0.582. The Balaban J connectivity index is 2.08. The SMILES string of the molecule is Cc1cnc(CNS(=O)(=O)c2ccc(Br)s2)cn1. The van der Waals surface area contributed by atoms with E-state index in [9.17, 15) is 8.42 Å². The van der Waals surface area contributed by atoms with Gasteiger partial charge >= 0.3 is 0 Å². The smallest absolute Gasteiger partial charge is 0.250 e. The summed E-state index contributed by atoms with van der Waals surface area (Å²) in [6, 6.07) is 3.25. The minimum atomic E-state index is -3.48. The van der Waals surface area contributed by atoms with Crippen molar-refractivity contribution in [2.24, 2.45) is 0 Å². The summed E-state index contributed by atoms with van der Waals surface area (Å²) in [4.78, 5) is 8.14. The number of nitrogens with one attached hydrogen (secondary N) is 1. The first-order chi connectivity index (χ1) is 8.47. The van der Waals surface area contributed by atoms with Gasteiger partial charge in [-0.05, 0) is 35.0 Å². The summed E-state index contributed by atoms with van der Waals surface area (Å²) in [5, 5.41) is 0. The molecule has 2 rings (SSSR count). The molecule has 2 heterocycles. The number of hydrogen-bond acceptors (Lipinski definition) is 5. The van der Waals surface area contributed by atoms with E-state index in [0.29, 0.717) is 5.69 Å². The molecule has 0 saturated carbocycles. The van der Waals surface area contributed by atoms with Crippen LogP contribution in [0.2, 0.25) is 0 Å². The number of halogens is 1. The lowest BCUT2D eigenvalue weighted by Crippen LogP contribution is -2.23. The predicted molar refractivity (Wildman–Crippen MR) is 72.8 cm³/mol. The molecule has 0 amide bonds. The summed E-state index contributed by atoms with van der Waals surface area (Å²) in [5.41, 5.74) is 1.38. The van der Waals surface area contributed by atoms with Crippen molar-refractivity contribution < 1.29 is 8.42 Å². The predicted octanol–water partition coefficient (Wildman–Crippen LogP) is 2.09. The van der Waals surface area contributed by atoms with Crippen LogP contribution in [0.25, 0.3) is 0 Å². The van der Waals surface area contributed by atoms with Gasteiger partial charge in [0.05, 0.1) is 27.9 Å². The van der Waals surface area contributed by atoms with Crippen LogP contribution in [0.1, 0.15) is 11.4 Å². The normalized spacial score (nSPS) is 11.7. The van der Waals surface area contributed by atoms with Crippen molar-refractivity contribution in [3.8, 4) is 0 Å². The standard InChI is InChI=1S/C10H10BrN3O2S2/c1-7-4-13-8(5-12-7)6-14-18(15,16)10-3-2-9(11)17-10/h2-5,14H,6H2,1H3. The van der Waals surface area contributed by atoms with Crippen LogP contribution in [-0.4, -0.2) is 18.4 Å². The van der Waals surface area contributed by atoms with Crippen LogP contribution in [0.5, 0.6) is 0 Å². The molecular weight excluding hydrogens is 338 g/mol. The number of nitrogens with zero attached hydrogens (tertiary/aromatic N) is 2. The molecule has 8 heteroatoms. The Morgan fingerprint density at radius 1 is 1.33 bits per heavy atom. The fourth-order valence-electron chi connectivity index (χ4n) is 1.19. The summed E-state index contributed by atoms with van der Waals surface area (Å²) in [5.74, 6) is 0. The molecule has 18 heavy (non-hydrogen) atoms. The summed E-state index contributed by atoms with van der Waals surface area (Å²) >= 11 is 4.39. The third-order valence-electron chi connectivity index (χ3n) is 2.09. The second-order valence-electron chi connectivity index (χ2n) is 3.53. The molecule has 2 aromatic rings. The molecule has 0 radical (unpaired) electrons. The zero-order valence-electron chi connectivity index (χ0n) is 9.42. The molecule has 0 saturated heterocycles. The Morgan fingerprint density at radius 2 is 2.11 bits per heavy atom. The van der Waals surface area contributed by atoms with Gasteiger partial charge in [0.1, 0.15) is 4.21 Å². The minimum absolute atomic E-state index is 0.130. The van der Waals surface area contributed by atoms with Crippen molar-refractivity contribution in [3.63, 3.8) is 0 Å². The van der Waals surface area contributed by atoms with E-state index in [2.05, 4.69) is 30.6 Å². The summed E-state index contributed by atoms with van der Waals surface area (Å²) in [6.45, 7) is 1.95. The highest BCUT2D eigenvalue weighted by Gasteiger charge is 2.16. The quantitative estimate of drug-likeness (QED) is 0.918. The third-order valence-corrected chi connectivity index (χ3v) is 5.61. The van der Waals surface area contributed by atoms with E-state index in [1.165, 1.54) is 0 Å². The molecule has 0 fully saturated rings. The third kappa shape index (κ3) is 3.35. The molecule has 0 aromatic carbocycles. The molecule has 1 N–H and O–H groups in total. The first kappa shape index (κ1) is 13.6. The van der Waals surface area contributed by atoms with E-state index >= 15 is 0 Å². The molecule has 0 aliphatic carbocycles. The molecule has 0 bridgehead atoms. The first-order valence-electron chi connectivity index (χ1n) is 5.00. The van der Waals surface area contributed by atoms with E-state index in [1.54, 1.807) is 24.5 Å². The van der Waals surface area contributed by atoms with Gasteiger partial charge in [-0.15, -0.1) is 11.3 Å². The fourth-order valence-corrected chi connectivity index (χ4v) is 4.25. The zero-order chi connectivity index (χ0) is 13.2. The Morgan fingerprint density at radius 3 is 2.67 bits per heavy atom. The van der Waals surface area contributed by atoms with E-state index in [1.807, 2.05) is 6.92 Å². The van der Waals surface area contributed by atoms with Crippen molar-refractivity contribution in [3.05, 3.63) is 39.7 Å². The molecule has 0 aliphatic heterocycles. The van der Waals surface area contributed by atoms with Gasteiger partial charge in [-0.1, -0.05) is 0 Å². The van der Waals surface area contributed by atoms with Crippen LogP contribution in [0.4, 0.5) is 0 Å². The summed E-state index contributed by atoms with van der Waals surface area (Å²) < 4.78 is 27.4.